The Bertz CT molecular complexity index is 1180. The fraction of sp³-hybridized carbons (Fsp3) is 0.360. The molecule has 2 aromatic carbocycles. The van der Waals surface area contributed by atoms with Crippen LogP contribution in [-0.4, -0.2) is 30.0 Å². The topological polar surface area (TPSA) is 57.3 Å². The van der Waals surface area contributed by atoms with Crippen LogP contribution in [0.5, 0.6) is 0 Å². The molecule has 2 atom stereocenters. The molecule has 1 aromatic heterocycles. The van der Waals surface area contributed by atoms with E-state index < -0.39 is 11.7 Å². The largest absolute Gasteiger partial charge is 0.416 e. The fourth-order valence-corrected chi connectivity index (χ4v) is 4.60. The van der Waals surface area contributed by atoms with Crippen LogP contribution in [0, 0.1) is 6.92 Å². The summed E-state index contributed by atoms with van der Waals surface area (Å²) in [5.41, 5.74) is 2.85. The summed E-state index contributed by atoms with van der Waals surface area (Å²) in [6.45, 7) is 6.46. The molecule has 3 aromatic rings. The molecule has 4 rings (SSSR count). The highest BCUT2D eigenvalue weighted by molar-refractivity contribution is 5.93. The van der Waals surface area contributed by atoms with Crippen LogP contribution in [0.4, 0.5) is 24.5 Å². The molecule has 0 unspecified atom stereocenters. The minimum absolute atomic E-state index is 0.0325. The number of nitrogens with one attached hydrogen (secondary N) is 2. The molecule has 1 amide bonds. The van der Waals surface area contributed by atoms with E-state index in [2.05, 4.69) is 20.5 Å². The molecular formula is C25H27F3N4O. The van der Waals surface area contributed by atoms with Gasteiger partial charge in [0, 0.05) is 55.1 Å². The Labute approximate surface area is 191 Å². The highest BCUT2D eigenvalue weighted by Crippen LogP contribution is 2.36. The summed E-state index contributed by atoms with van der Waals surface area (Å²) < 4.78 is 40.1. The molecule has 0 bridgehead atoms. The number of halogens is 3. The number of fused-ring (bicyclic) bond motifs is 1. The van der Waals surface area contributed by atoms with Gasteiger partial charge in [-0.1, -0.05) is 12.1 Å². The van der Waals surface area contributed by atoms with Crippen LogP contribution in [0.15, 0.2) is 48.7 Å². The average molecular weight is 457 g/mol. The molecule has 1 fully saturated rings. The van der Waals surface area contributed by atoms with E-state index in [4.69, 9.17) is 0 Å². The van der Waals surface area contributed by atoms with Crippen molar-refractivity contribution in [1.82, 2.24) is 10.3 Å². The SMILES string of the molecule is CC(=O)N[C@@H]1CCN(c2ccc3nccc(N[C@H](C)c4cccc(C(F)(F)F)c4C)c3c2)C1. The number of nitrogens with zero attached hydrogens (tertiary/aromatic N) is 2. The van der Waals surface area contributed by atoms with Gasteiger partial charge in [0.1, 0.15) is 0 Å². The Morgan fingerprint density at radius 1 is 1.21 bits per heavy atom. The first-order valence-corrected chi connectivity index (χ1v) is 11.0. The van der Waals surface area contributed by atoms with Gasteiger partial charge < -0.3 is 15.5 Å². The zero-order valence-corrected chi connectivity index (χ0v) is 18.8. The minimum Gasteiger partial charge on any atom is -0.378 e. The quantitative estimate of drug-likeness (QED) is 0.536. The number of benzene rings is 2. The first kappa shape index (κ1) is 22.9. The molecule has 1 aliphatic rings. The lowest BCUT2D eigenvalue weighted by Gasteiger charge is -2.23. The predicted molar refractivity (Wildman–Crippen MR) is 124 cm³/mol. The molecule has 0 radical (unpaired) electrons. The number of carbonyl (C=O) groups is 1. The van der Waals surface area contributed by atoms with Crippen LogP contribution in [0.3, 0.4) is 0 Å². The molecule has 0 aliphatic carbocycles. The van der Waals surface area contributed by atoms with Gasteiger partial charge >= 0.3 is 6.18 Å². The van der Waals surface area contributed by atoms with Gasteiger partial charge in [-0.25, -0.2) is 0 Å². The number of aromatic nitrogens is 1. The summed E-state index contributed by atoms with van der Waals surface area (Å²) in [6.07, 6.45) is -1.82. The highest BCUT2D eigenvalue weighted by Gasteiger charge is 2.33. The van der Waals surface area contributed by atoms with Crippen LogP contribution >= 0.6 is 0 Å². The number of amides is 1. The highest BCUT2D eigenvalue weighted by atomic mass is 19.4. The zero-order valence-electron chi connectivity index (χ0n) is 18.8. The predicted octanol–water partition coefficient (Wildman–Crippen LogP) is 5.45. The summed E-state index contributed by atoms with van der Waals surface area (Å²) in [6, 6.07) is 11.9. The van der Waals surface area contributed by atoms with Gasteiger partial charge in [0.2, 0.25) is 5.91 Å². The number of carbonyl (C=O) groups excluding carboxylic acids is 1. The molecule has 2 heterocycles. The summed E-state index contributed by atoms with van der Waals surface area (Å²) in [5.74, 6) is -0.0325. The third-order valence-corrected chi connectivity index (χ3v) is 6.21. The first-order chi connectivity index (χ1) is 15.6. The Morgan fingerprint density at radius 2 is 2.00 bits per heavy atom. The van der Waals surface area contributed by atoms with Gasteiger partial charge in [0.25, 0.3) is 0 Å². The van der Waals surface area contributed by atoms with Crippen LogP contribution in [0.25, 0.3) is 10.9 Å². The molecule has 8 heteroatoms. The second kappa shape index (κ2) is 8.92. The van der Waals surface area contributed by atoms with E-state index in [9.17, 15) is 18.0 Å². The first-order valence-electron chi connectivity index (χ1n) is 11.0. The molecule has 0 spiro atoms. The summed E-state index contributed by atoms with van der Waals surface area (Å²) in [5, 5.41) is 7.26. The van der Waals surface area contributed by atoms with Crippen molar-refractivity contribution >= 4 is 28.2 Å². The number of anilines is 2. The molecule has 1 saturated heterocycles. The monoisotopic (exact) mass is 456 g/mol. The minimum atomic E-state index is -4.39. The van der Waals surface area contributed by atoms with Crippen molar-refractivity contribution in [2.75, 3.05) is 23.3 Å². The third-order valence-electron chi connectivity index (χ3n) is 6.21. The Hall–Kier alpha value is -3.29. The van der Waals surface area contributed by atoms with Crippen molar-refractivity contribution in [3.8, 4) is 0 Å². The fourth-order valence-electron chi connectivity index (χ4n) is 4.60. The van der Waals surface area contributed by atoms with E-state index in [1.54, 1.807) is 12.3 Å². The molecule has 1 aliphatic heterocycles. The van der Waals surface area contributed by atoms with Gasteiger partial charge in [0.15, 0.2) is 0 Å². The standard InChI is InChI=1S/C25H27F3N4O/c1-15-20(5-4-6-22(15)25(26,27)28)16(2)30-24-9-11-29-23-8-7-19(13-21(23)24)32-12-10-18(14-32)31-17(3)33/h4-9,11,13,16,18H,10,12,14H2,1-3H3,(H,29,30)(H,31,33)/t16-,18-/m1/s1. The van der Waals surface area contributed by atoms with E-state index in [0.29, 0.717) is 5.56 Å². The van der Waals surface area contributed by atoms with Crippen molar-refractivity contribution in [1.29, 1.82) is 0 Å². The van der Waals surface area contributed by atoms with Gasteiger partial charge in [0.05, 0.1) is 11.1 Å². The number of alkyl halides is 3. The Balaban J connectivity index is 1.61. The third kappa shape index (κ3) is 4.89. The molecule has 2 N–H and O–H groups in total. The number of hydrogen-bond donors (Lipinski definition) is 2. The maximum Gasteiger partial charge on any atom is 0.416 e. The van der Waals surface area contributed by atoms with Crippen molar-refractivity contribution < 1.29 is 18.0 Å². The molecule has 33 heavy (non-hydrogen) atoms. The molecule has 5 nitrogen and oxygen atoms in total. The van der Waals surface area contributed by atoms with Gasteiger partial charge in [-0.05, 0) is 61.7 Å². The number of pyridine rings is 1. The summed E-state index contributed by atoms with van der Waals surface area (Å²) in [7, 11) is 0. The van der Waals surface area contributed by atoms with Gasteiger partial charge in [-0.15, -0.1) is 0 Å². The second-order valence-electron chi connectivity index (χ2n) is 8.58. The zero-order chi connectivity index (χ0) is 23.8. The lowest BCUT2D eigenvalue weighted by Crippen LogP contribution is -2.35. The molecule has 174 valence electrons. The second-order valence-corrected chi connectivity index (χ2v) is 8.58. The molecular weight excluding hydrogens is 429 g/mol. The van der Waals surface area contributed by atoms with Crippen molar-refractivity contribution in [2.24, 2.45) is 0 Å². The van der Waals surface area contributed by atoms with E-state index in [1.165, 1.54) is 19.9 Å². The average Bonchev–Trinajstić information content (AvgIpc) is 3.20. The van der Waals surface area contributed by atoms with Gasteiger partial charge in [-0.3, -0.25) is 9.78 Å². The van der Waals surface area contributed by atoms with E-state index in [-0.39, 0.29) is 23.6 Å². The Kier molecular flexibility index (Phi) is 6.19. The van der Waals surface area contributed by atoms with E-state index in [1.807, 2.05) is 31.2 Å². The lowest BCUT2D eigenvalue weighted by molar-refractivity contribution is -0.138. The van der Waals surface area contributed by atoms with Crippen molar-refractivity contribution in [3.63, 3.8) is 0 Å². The maximum atomic E-state index is 13.4. The van der Waals surface area contributed by atoms with Crippen molar-refractivity contribution in [2.45, 2.75) is 45.5 Å². The lowest BCUT2D eigenvalue weighted by atomic mass is 9.97. The summed E-state index contributed by atoms with van der Waals surface area (Å²) >= 11 is 0. The van der Waals surface area contributed by atoms with Crippen LogP contribution < -0.4 is 15.5 Å². The van der Waals surface area contributed by atoms with Crippen molar-refractivity contribution in [3.05, 3.63) is 65.4 Å². The van der Waals surface area contributed by atoms with Crippen LogP contribution in [-0.2, 0) is 11.0 Å². The maximum absolute atomic E-state index is 13.4. The molecule has 0 saturated carbocycles. The smallest absolute Gasteiger partial charge is 0.378 e. The normalized spacial score (nSPS) is 17.3. The van der Waals surface area contributed by atoms with Crippen LogP contribution in [0.2, 0.25) is 0 Å². The number of hydrogen-bond acceptors (Lipinski definition) is 4. The Morgan fingerprint density at radius 3 is 2.73 bits per heavy atom. The van der Waals surface area contributed by atoms with Crippen LogP contribution in [0.1, 0.15) is 43.0 Å². The summed E-state index contributed by atoms with van der Waals surface area (Å²) in [4.78, 5) is 18.0. The number of rotatable bonds is 5. The van der Waals surface area contributed by atoms with Gasteiger partial charge in [-0.2, -0.15) is 13.2 Å². The van der Waals surface area contributed by atoms with E-state index >= 15 is 0 Å². The van der Waals surface area contributed by atoms with E-state index in [0.717, 1.165) is 47.9 Å².